The summed E-state index contributed by atoms with van der Waals surface area (Å²) in [6.07, 6.45) is 6.28. The lowest BCUT2D eigenvalue weighted by atomic mass is 10.1. The van der Waals surface area contributed by atoms with Gasteiger partial charge in [-0.2, -0.15) is 0 Å². The van der Waals surface area contributed by atoms with Crippen molar-refractivity contribution in [3.8, 4) is 11.5 Å². The van der Waals surface area contributed by atoms with Gasteiger partial charge in [0.1, 0.15) is 10.6 Å². The van der Waals surface area contributed by atoms with Gasteiger partial charge < -0.3 is 8.98 Å². The third-order valence-corrected chi connectivity index (χ3v) is 6.16. The Morgan fingerprint density at radius 1 is 0.943 bits per heavy atom. The van der Waals surface area contributed by atoms with Crippen LogP contribution in [-0.4, -0.2) is 26.2 Å². The molecule has 0 atom stereocenters. The highest BCUT2D eigenvalue weighted by Gasteiger charge is 2.23. The molecular formula is C26H18N4O4S. The molecule has 0 unspecified atom stereocenters. The number of carbonyl (C=O) groups is 2. The second kappa shape index (κ2) is 9.70. The number of carbonyl (C=O) groups excluding carboxylic acids is 2. The minimum Gasteiger partial charge on any atom is -0.463 e. The van der Waals surface area contributed by atoms with E-state index in [-0.39, 0.29) is 22.0 Å². The number of hydrogen-bond donors (Lipinski definition) is 1. The topological polar surface area (TPSA) is 107 Å². The Balaban J connectivity index is 1.43. The van der Waals surface area contributed by atoms with Gasteiger partial charge in [-0.1, -0.05) is 41.7 Å². The first-order chi connectivity index (χ1) is 17.1. The van der Waals surface area contributed by atoms with Gasteiger partial charge in [-0.15, -0.1) is 0 Å². The molecule has 5 rings (SSSR count). The van der Waals surface area contributed by atoms with Gasteiger partial charge >= 0.3 is 0 Å². The van der Waals surface area contributed by atoms with Gasteiger partial charge in [-0.3, -0.25) is 24.7 Å². The summed E-state index contributed by atoms with van der Waals surface area (Å²) in [5.41, 5.74) is 1.79. The molecule has 1 amide bonds. The molecule has 1 N–H and O–H groups in total. The van der Waals surface area contributed by atoms with Crippen molar-refractivity contribution in [1.29, 1.82) is 0 Å². The van der Waals surface area contributed by atoms with Crippen molar-refractivity contribution in [1.82, 2.24) is 14.5 Å². The van der Waals surface area contributed by atoms with Gasteiger partial charge in [0.05, 0.1) is 18.4 Å². The molecule has 4 heterocycles. The maximum Gasteiger partial charge on any atom is 0.258 e. The normalized spacial score (nSPS) is 10.7. The zero-order chi connectivity index (χ0) is 24.2. The molecule has 4 aromatic heterocycles. The lowest BCUT2D eigenvalue weighted by Crippen LogP contribution is -2.22. The largest absolute Gasteiger partial charge is 0.463 e. The Morgan fingerprint density at radius 3 is 2.49 bits per heavy atom. The highest BCUT2D eigenvalue weighted by Crippen LogP contribution is 2.33. The van der Waals surface area contributed by atoms with Crippen molar-refractivity contribution in [3.63, 3.8) is 0 Å². The number of anilines is 1. The molecule has 0 radical (unpaired) electrons. The van der Waals surface area contributed by atoms with Crippen LogP contribution in [0.4, 0.5) is 5.13 Å². The number of aromatic nitrogens is 3. The van der Waals surface area contributed by atoms with Gasteiger partial charge in [0.2, 0.25) is 5.78 Å². The number of pyridine rings is 2. The third-order valence-electron chi connectivity index (χ3n) is 5.19. The Labute approximate surface area is 203 Å². The van der Waals surface area contributed by atoms with Crippen LogP contribution < -0.4 is 10.9 Å². The van der Waals surface area contributed by atoms with Crippen molar-refractivity contribution < 1.29 is 14.0 Å². The predicted molar refractivity (Wildman–Crippen MR) is 132 cm³/mol. The maximum absolute atomic E-state index is 13.2. The molecule has 5 aromatic rings. The van der Waals surface area contributed by atoms with Crippen molar-refractivity contribution in [3.05, 3.63) is 124 Å². The molecule has 0 aliphatic rings. The summed E-state index contributed by atoms with van der Waals surface area (Å²) in [6.45, 7) is 0.304. The Bertz CT molecular complexity index is 1540. The maximum atomic E-state index is 13.2. The van der Waals surface area contributed by atoms with Crippen molar-refractivity contribution in [2.45, 2.75) is 6.54 Å². The van der Waals surface area contributed by atoms with Gasteiger partial charge in [0, 0.05) is 30.2 Å². The Hall–Kier alpha value is -4.63. The third kappa shape index (κ3) is 4.85. The average molecular weight is 483 g/mol. The van der Waals surface area contributed by atoms with E-state index in [9.17, 15) is 14.4 Å². The van der Waals surface area contributed by atoms with E-state index in [0.717, 1.165) is 16.9 Å². The molecule has 0 saturated heterocycles. The number of thiazole rings is 1. The summed E-state index contributed by atoms with van der Waals surface area (Å²) in [6, 6.07) is 18.6. The molecule has 0 spiro atoms. The minimum absolute atomic E-state index is 0.221. The first-order valence-electron chi connectivity index (χ1n) is 10.6. The number of amides is 1. The SMILES string of the molecule is O=C(Nc1nc(-c2ccco2)c(C(=O)c2ccccc2)s1)c1ccc(=O)n(Cc2ccncc2)c1. The highest BCUT2D eigenvalue weighted by molar-refractivity contribution is 7.18. The molecule has 35 heavy (non-hydrogen) atoms. The number of ketones is 1. The van der Waals surface area contributed by atoms with Gasteiger partial charge in [0.25, 0.3) is 11.5 Å². The Kier molecular flexibility index (Phi) is 6.15. The number of nitrogens with one attached hydrogen (secondary N) is 1. The summed E-state index contributed by atoms with van der Waals surface area (Å²) in [5.74, 6) is -0.250. The number of rotatable bonds is 7. The van der Waals surface area contributed by atoms with Gasteiger partial charge in [0.15, 0.2) is 10.9 Å². The predicted octanol–water partition coefficient (Wildman–Crippen LogP) is 4.49. The number of furan rings is 1. The van der Waals surface area contributed by atoms with Gasteiger partial charge in [-0.05, 0) is 35.9 Å². The van der Waals surface area contributed by atoms with Gasteiger partial charge in [-0.25, -0.2) is 4.98 Å². The highest BCUT2D eigenvalue weighted by atomic mass is 32.1. The van der Waals surface area contributed by atoms with E-state index >= 15 is 0 Å². The van der Waals surface area contributed by atoms with Crippen LogP contribution in [0.3, 0.4) is 0 Å². The molecule has 0 bridgehead atoms. The first kappa shape index (κ1) is 22.2. The summed E-state index contributed by atoms with van der Waals surface area (Å²) in [5, 5.41) is 2.99. The van der Waals surface area contributed by atoms with E-state index in [1.807, 2.05) is 6.07 Å². The van der Waals surface area contributed by atoms with E-state index in [0.29, 0.717) is 28.4 Å². The van der Waals surface area contributed by atoms with Crippen LogP contribution in [-0.2, 0) is 6.54 Å². The molecule has 172 valence electrons. The molecule has 9 heteroatoms. The second-order valence-corrected chi connectivity index (χ2v) is 8.56. The molecule has 1 aromatic carbocycles. The zero-order valence-corrected chi connectivity index (χ0v) is 19.1. The van der Waals surface area contributed by atoms with Crippen LogP contribution in [0.2, 0.25) is 0 Å². The lowest BCUT2D eigenvalue weighted by molar-refractivity contribution is 0.102. The lowest BCUT2D eigenvalue weighted by Gasteiger charge is -2.08. The zero-order valence-electron chi connectivity index (χ0n) is 18.3. The summed E-state index contributed by atoms with van der Waals surface area (Å²) in [7, 11) is 0. The van der Waals surface area contributed by atoms with E-state index in [1.165, 1.54) is 29.2 Å². The fraction of sp³-hybridized carbons (Fsp3) is 0.0385. The fourth-order valence-corrected chi connectivity index (χ4v) is 4.40. The minimum atomic E-state index is -0.452. The van der Waals surface area contributed by atoms with Crippen molar-refractivity contribution in [2.75, 3.05) is 5.32 Å². The Morgan fingerprint density at radius 2 is 1.74 bits per heavy atom. The van der Waals surface area contributed by atoms with Crippen molar-refractivity contribution in [2.24, 2.45) is 0 Å². The van der Waals surface area contributed by atoms with E-state index in [1.54, 1.807) is 60.9 Å². The molecule has 8 nitrogen and oxygen atoms in total. The van der Waals surface area contributed by atoms with E-state index in [2.05, 4.69) is 15.3 Å². The van der Waals surface area contributed by atoms with Crippen LogP contribution in [0.5, 0.6) is 0 Å². The molecular weight excluding hydrogens is 464 g/mol. The monoisotopic (exact) mass is 482 g/mol. The number of nitrogens with zero attached hydrogens (tertiary/aromatic N) is 3. The smallest absolute Gasteiger partial charge is 0.258 e. The average Bonchev–Trinajstić information content (AvgIpc) is 3.56. The number of benzene rings is 1. The number of hydrogen-bond acceptors (Lipinski definition) is 7. The van der Waals surface area contributed by atoms with Crippen LogP contribution in [0.25, 0.3) is 11.5 Å². The van der Waals surface area contributed by atoms with E-state index in [4.69, 9.17) is 4.42 Å². The summed E-state index contributed by atoms with van der Waals surface area (Å²) < 4.78 is 6.92. The first-order valence-corrected chi connectivity index (χ1v) is 11.5. The van der Waals surface area contributed by atoms with Crippen LogP contribution >= 0.6 is 11.3 Å². The molecule has 0 fully saturated rings. The molecule has 0 aliphatic heterocycles. The quantitative estimate of drug-likeness (QED) is 0.343. The fourth-order valence-electron chi connectivity index (χ4n) is 3.47. The standard InChI is InChI=1S/C26H18N4O4S/c31-21-9-8-19(16-30(21)15-17-10-12-27-13-11-17)25(33)29-26-28-22(20-7-4-14-34-20)24(35-26)23(32)18-5-2-1-3-6-18/h1-14,16H,15H2,(H,28,29,33). The molecule has 0 aliphatic carbocycles. The van der Waals surface area contributed by atoms with Crippen molar-refractivity contribution >= 4 is 28.2 Å². The van der Waals surface area contributed by atoms with Crippen LogP contribution in [0.1, 0.15) is 31.2 Å². The summed E-state index contributed by atoms with van der Waals surface area (Å²) >= 11 is 1.07. The second-order valence-electron chi connectivity index (χ2n) is 7.56. The van der Waals surface area contributed by atoms with E-state index < -0.39 is 5.91 Å². The van der Waals surface area contributed by atoms with Crippen LogP contribution in [0.15, 0.2) is 101 Å². The summed E-state index contributed by atoms with van der Waals surface area (Å²) in [4.78, 5) is 47.3. The molecule has 0 saturated carbocycles. The van der Waals surface area contributed by atoms with Crippen LogP contribution in [0, 0.1) is 0 Å².